The number of likely N-dealkylation sites (tertiary alicyclic amines) is 1. The lowest BCUT2D eigenvalue weighted by Crippen LogP contribution is -2.56. The van der Waals surface area contributed by atoms with Crippen molar-refractivity contribution in [3.8, 4) is 0 Å². The molecule has 1 aromatic heterocycles. The van der Waals surface area contributed by atoms with Crippen molar-refractivity contribution in [3.05, 3.63) is 21.9 Å². The monoisotopic (exact) mass is 371 g/mol. The van der Waals surface area contributed by atoms with E-state index in [4.69, 9.17) is 11.6 Å². The quantitative estimate of drug-likeness (QED) is 0.796. The molecule has 2 aliphatic rings. The summed E-state index contributed by atoms with van der Waals surface area (Å²) in [6.07, 6.45) is 5.89. The van der Waals surface area contributed by atoms with Crippen LogP contribution in [0.1, 0.15) is 33.1 Å². The first kappa shape index (κ1) is 15.6. The fourth-order valence-corrected chi connectivity index (χ4v) is 4.28. The van der Waals surface area contributed by atoms with Crippen LogP contribution in [0.3, 0.4) is 0 Å². The number of piperidine rings is 1. The van der Waals surface area contributed by atoms with Crippen molar-refractivity contribution in [2.45, 2.75) is 45.2 Å². The molecule has 1 N–H and O–H groups in total. The van der Waals surface area contributed by atoms with Gasteiger partial charge in [0, 0.05) is 25.2 Å². The zero-order valence-corrected chi connectivity index (χ0v) is 15.0. The summed E-state index contributed by atoms with van der Waals surface area (Å²) in [7, 11) is 0. The van der Waals surface area contributed by atoms with E-state index in [1.165, 1.54) is 32.4 Å². The van der Waals surface area contributed by atoms with Gasteiger partial charge in [0.2, 0.25) is 0 Å². The van der Waals surface area contributed by atoms with Crippen LogP contribution in [-0.2, 0) is 0 Å². The summed E-state index contributed by atoms with van der Waals surface area (Å²) >= 11 is 9.44. The minimum absolute atomic E-state index is 0.523. The van der Waals surface area contributed by atoms with Crippen molar-refractivity contribution in [2.24, 2.45) is 11.8 Å². The van der Waals surface area contributed by atoms with Gasteiger partial charge in [-0.15, -0.1) is 0 Å². The normalized spacial score (nSPS) is 29.7. The summed E-state index contributed by atoms with van der Waals surface area (Å²) in [4.78, 5) is 6.87. The lowest BCUT2D eigenvalue weighted by atomic mass is 9.73. The number of nitrogens with zero attached hydrogens (tertiary/aromatic N) is 2. The molecular formula is C16H23BrClN3. The van der Waals surface area contributed by atoms with Crippen LogP contribution in [0, 0.1) is 11.8 Å². The number of pyridine rings is 1. The van der Waals surface area contributed by atoms with Crippen LogP contribution < -0.4 is 5.32 Å². The van der Waals surface area contributed by atoms with E-state index >= 15 is 0 Å². The first-order valence-corrected chi connectivity index (χ1v) is 9.03. The summed E-state index contributed by atoms with van der Waals surface area (Å²) in [5.41, 5.74) is 1.08. The zero-order valence-electron chi connectivity index (χ0n) is 12.6. The Balaban J connectivity index is 1.74. The number of aromatic nitrogens is 1. The maximum atomic E-state index is 5.98. The van der Waals surface area contributed by atoms with Gasteiger partial charge < -0.3 is 10.2 Å². The maximum absolute atomic E-state index is 5.98. The average Bonchev–Trinajstić information content (AvgIpc) is 2.42. The van der Waals surface area contributed by atoms with Crippen LogP contribution in [0.15, 0.2) is 16.7 Å². The fourth-order valence-electron chi connectivity index (χ4n) is 3.82. The number of hydrogen-bond donors (Lipinski definition) is 1. The average molecular weight is 373 g/mol. The number of fused-ring (bicyclic) bond motifs is 2. The summed E-state index contributed by atoms with van der Waals surface area (Å²) in [6, 6.07) is 3.27. The smallest absolute Gasteiger partial charge is 0.143 e. The highest BCUT2D eigenvalue weighted by Gasteiger charge is 2.39. The molecule has 3 nitrogen and oxygen atoms in total. The predicted octanol–water partition coefficient (Wildman–Crippen LogP) is 4.42. The van der Waals surface area contributed by atoms with Gasteiger partial charge in [0.15, 0.2) is 0 Å². The van der Waals surface area contributed by atoms with Crippen molar-refractivity contribution in [1.82, 2.24) is 9.88 Å². The van der Waals surface area contributed by atoms with E-state index in [0.29, 0.717) is 17.2 Å². The second-order valence-electron chi connectivity index (χ2n) is 6.67. The second-order valence-corrected chi connectivity index (χ2v) is 7.88. The highest BCUT2D eigenvalue weighted by molar-refractivity contribution is 9.10. The molecule has 1 saturated heterocycles. The molecule has 116 valence electrons. The molecule has 5 heteroatoms. The van der Waals surface area contributed by atoms with Crippen molar-refractivity contribution >= 4 is 33.2 Å². The molecular weight excluding hydrogens is 350 g/mol. The number of nitrogens with one attached hydrogen (secondary N) is 1. The Hall–Kier alpha value is -0.320. The van der Waals surface area contributed by atoms with Gasteiger partial charge in [-0.1, -0.05) is 18.0 Å². The Kier molecular flexibility index (Phi) is 4.77. The summed E-state index contributed by atoms with van der Waals surface area (Å²) < 4.78 is 0.860. The molecule has 2 atom stereocenters. The first-order valence-electron chi connectivity index (χ1n) is 7.86. The molecule has 1 saturated carbocycles. The lowest BCUT2D eigenvalue weighted by Gasteiger charge is -2.49. The van der Waals surface area contributed by atoms with Gasteiger partial charge in [-0.3, -0.25) is 0 Å². The van der Waals surface area contributed by atoms with Gasteiger partial charge in [-0.25, -0.2) is 4.98 Å². The van der Waals surface area contributed by atoms with E-state index in [1.54, 1.807) is 0 Å². The van der Waals surface area contributed by atoms with Gasteiger partial charge in [0.25, 0.3) is 0 Å². The Morgan fingerprint density at radius 3 is 2.57 bits per heavy atom. The Morgan fingerprint density at radius 2 is 2.00 bits per heavy atom. The molecule has 2 fully saturated rings. The lowest BCUT2D eigenvalue weighted by molar-refractivity contribution is 0.0518. The summed E-state index contributed by atoms with van der Waals surface area (Å²) in [6.45, 7) is 7.05. The van der Waals surface area contributed by atoms with E-state index in [9.17, 15) is 0 Å². The molecule has 0 amide bonds. The van der Waals surface area contributed by atoms with E-state index in [-0.39, 0.29) is 0 Å². The van der Waals surface area contributed by atoms with Gasteiger partial charge in [0.1, 0.15) is 5.15 Å². The number of hydrogen-bond acceptors (Lipinski definition) is 3. The second kappa shape index (κ2) is 6.43. The Bertz CT molecular complexity index is 494. The van der Waals surface area contributed by atoms with Gasteiger partial charge >= 0.3 is 0 Å². The third-order valence-electron chi connectivity index (χ3n) is 4.96. The molecule has 2 heterocycles. The summed E-state index contributed by atoms with van der Waals surface area (Å²) in [5.74, 6) is 1.49. The minimum atomic E-state index is 0.523. The number of rotatable bonds is 3. The van der Waals surface area contributed by atoms with Crippen molar-refractivity contribution in [3.63, 3.8) is 0 Å². The number of anilines is 1. The van der Waals surface area contributed by atoms with E-state index in [2.05, 4.69) is 45.0 Å². The summed E-state index contributed by atoms with van der Waals surface area (Å²) in [5, 5.41) is 4.26. The van der Waals surface area contributed by atoms with E-state index in [1.807, 2.05) is 12.3 Å². The molecule has 2 bridgehead atoms. The highest BCUT2D eigenvalue weighted by Crippen LogP contribution is 2.37. The van der Waals surface area contributed by atoms with Gasteiger partial charge in [-0.2, -0.15) is 0 Å². The zero-order chi connectivity index (χ0) is 15.0. The van der Waals surface area contributed by atoms with Crippen LogP contribution in [-0.4, -0.2) is 35.1 Å². The maximum Gasteiger partial charge on any atom is 0.143 e. The molecule has 1 aliphatic carbocycles. The molecule has 21 heavy (non-hydrogen) atoms. The molecule has 0 aromatic carbocycles. The van der Waals surface area contributed by atoms with E-state index < -0.39 is 0 Å². The first-order chi connectivity index (χ1) is 10.0. The van der Waals surface area contributed by atoms with Gasteiger partial charge in [-0.05, 0) is 60.5 Å². The molecule has 3 rings (SSSR count). The predicted molar refractivity (Wildman–Crippen MR) is 91.9 cm³/mol. The van der Waals surface area contributed by atoms with Crippen molar-refractivity contribution in [1.29, 1.82) is 0 Å². The molecule has 2 unspecified atom stereocenters. The third-order valence-corrected chi connectivity index (χ3v) is 6.10. The Labute approximate surface area is 140 Å². The van der Waals surface area contributed by atoms with Crippen LogP contribution >= 0.6 is 27.5 Å². The van der Waals surface area contributed by atoms with Crippen molar-refractivity contribution < 1.29 is 0 Å². The van der Waals surface area contributed by atoms with Crippen LogP contribution in [0.4, 0.5) is 5.69 Å². The van der Waals surface area contributed by atoms with Crippen LogP contribution in [0.25, 0.3) is 0 Å². The third kappa shape index (κ3) is 3.38. The van der Waals surface area contributed by atoms with E-state index in [0.717, 1.165) is 22.0 Å². The SMILES string of the molecule is CC(C)N1CC2CCCC(C1)C2Nc1cnc(Cl)c(Br)c1. The fraction of sp³-hybridized carbons (Fsp3) is 0.688. The minimum Gasteiger partial charge on any atom is -0.380 e. The van der Waals surface area contributed by atoms with Crippen LogP contribution in [0.2, 0.25) is 5.15 Å². The van der Waals surface area contributed by atoms with Crippen LogP contribution in [0.5, 0.6) is 0 Å². The molecule has 1 aromatic rings. The van der Waals surface area contributed by atoms with Crippen molar-refractivity contribution in [2.75, 3.05) is 18.4 Å². The molecule has 0 radical (unpaired) electrons. The molecule has 1 aliphatic heterocycles. The Morgan fingerprint density at radius 1 is 1.33 bits per heavy atom. The largest absolute Gasteiger partial charge is 0.380 e. The standard InChI is InChI=1S/C16H23BrClN3/c1-10(2)21-8-11-4-3-5-12(9-21)15(11)20-13-6-14(17)16(18)19-7-13/h6-7,10-12,15,20H,3-5,8-9H2,1-2H3. The topological polar surface area (TPSA) is 28.2 Å². The molecule has 0 spiro atoms. The highest BCUT2D eigenvalue weighted by atomic mass is 79.9. The van der Waals surface area contributed by atoms with Gasteiger partial charge in [0.05, 0.1) is 16.4 Å². The number of halogens is 2.